The molecule has 2 aromatic rings. The summed E-state index contributed by atoms with van der Waals surface area (Å²) in [5, 5.41) is 3.71. The Morgan fingerprint density at radius 1 is 1.08 bits per heavy atom. The van der Waals surface area contributed by atoms with E-state index in [2.05, 4.69) is 15.2 Å². The number of amides is 1. The van der Waals surface area contributed by atoms with Crippen LogP contribution in [0.15, 0.2) is 42.6 Å². The Kier molecular flexibility index (Phi) is 6.29. The maximum Gasteiger partial charge on any atom is 0.251 e. The number of anilines is 1. The second-order valence-corrected chi connectivity index (χ2v) is 6.87. The quantitative estimate of drug-likeness (QED) is 0.876. The molecule has 0 atom stereocenters. The Hall–Kier alpha value is -2.07. The van der Waals surface area contributed by atoms with Gasteiger partial charge < -0.3 is 10.2 Å². The van der Waals surface area contributed by atoms with Crippen molar-refractivity contribution in [2.75, 3.05) is 24.5 Å². The number of pyridine rings is 1. The van der Waals surface area contributed by atoms with E-state index in [4.69, 9.17) is 11.6 Å². The number of hydrogen-bond acceptors (Lipinski definition) is 3. The van der Waals surface area contributed by atoms with Gasteiger partial charge in [-0.25, -0.2) is 4.98 Å². The van der Waals surface area contributed by atoms with E-state index in [-0.39, 0.29) is 5.91 Å². The van der Waals surface area contributed by atoms with Gasteiger partial charge in [0.05, 0.1) is 0 Å². The summed E-state index contributed by atoms with van der Waals surface area (Å²) in [5.41, 5.74) is 1.83. The molecule has 132 valence electrons. The summed E-state index contributed by atoms with van der Waals surface area (Å²) in [5.74, 6) is 0.861. The third-order valence-electron chi connectivity index (χ3n) is 4.55. The molecule has 1 saturated heterocycles. The number of halogens is 1. The first kappa shape index (κ1) is 17.7. The van der Waals surface area contributed by atoms with Crippen molar-refractivity contribution in [3.05, 3.63) is 58.7 Å². The van der Waals surface area contributed by atoms with Gasteiger partial charge in [0.1, 0.15) is 5.82 Å². The summed E-state index contributed by atoms with van der Waals surface area (Å²) < 4.78 is 0. The third-order valence-corrected chi connectivity index (χ3v) is 4.80. The minimum atomic E-state index is -0.0487. The van der Waals surface area contributed by atoms with E-state index >= 15 is 0 Å². The van der Waals surface area contributed by atoms with Crippen LogP contribution >= 0.6 is 11.6 Å². The number of hydrogen-bond donors (Lipinski definition) is 1. The van der Waals surface area contributed by atoms with E-state index in [0.29, 0.717) is 12.1 Å². The number of nitrogens with one attached hydrogen (secondary N) is 1. The average Bonchev–Trinajstić information content (AvgIpc) is 2.93. The molecule has 1 aromatic carbocycles. The number of carbonyl (C=O) groups is 1. The summed E-state index contributed by atoms with van der Waals surface area (Å²) in [6, 6.07) is 11.4. The second-order valence-electron chi connectivity index (χ2n) is 6.44. The smallest absolute Gasteiger partial charge is 0.251 e. The SMILES string of the molecule is O=C(NCCc1ccc(Cl)cc1)c1ccnc(N2CCCCCC2)c1. The second kappa shape index (κ2) is 8.86. The van der Waals surface area contributed by atoms with Crippen LogP contribution in [0.2, 0.25) is 5.02 Å². The van der Waals surface area contributed by atoms with E-state index in [1.807, 2.05) is 30.3 Å². The Morgan fingerprint density at radius 3 is 2.52 bits per heavy atom. The van der Waals surface area contributed by atoms with Crippen LogP contribution in [-0.4, -0.2) is 30.5 Å². The van der Waals surface area contributed by atoms with Gasteiger partial charge in [-0.15, -0.1) is 0 Å². The van der Waals surface area contributed by atoms with E-state index in [1.165, 1.54) is 25.7 Å². The third kappa shape index (κ3) is 5.20. The highest BCUT2D eigenvalue weighted by atomic mass is 35.5. The maximum atomic E-state index is 12.4. The van der Waals surface area contributed by atoms with E-state index in [9.17, 15) is 4.79 Å². The number of carbonyl (C=O) groups excluding carboxylic acids is 1. The molecule has 1 amide bonds. The molecule has 0 bridgehead atoms. The zero-order valence-corrected chi connectivity index (χ0v) is 15.1. The van der Waals surface area contributed by atoms with Crippen LogP contribution in [0.25, 0.3) is 0 Å². The Labute approximate surface area is 154 Å². The standard InChI is InChI=1S/C20H24ClN3O/c21-18-7-5-16(6-8-18)9-11-23-20(25)17-10-12-22-19(15-17)24-13-3-1-2-4-14-24/h5-8,10,12,15H,1-4,9,11,13-14H2,(H,23,25). The Bertz CT molecular complexity index is 694. The number of rotatable bonds is 5. The largest absolute Gasteiger partial charge is 0.357 e. The molecule has 0 unspecified atom stereocenters. The van der Waals surface area contributed by atoms with E-state index in [1.54, 1.807) is 12.3 Å². The van der Waals surface area contributed by atoms with Crippen molar-refractivity contribution in [1.29, 1.82) is 0 Å². The lowest BCUT2D eigenvalue weighted by atomic mass is 10.1. The van der Waals surface area contributed by atoms with Crippen molar-refractivity contribution < 1.29 is 4.79 Å². The zero-order valence-electron chi connectivity index (χ0n) is 14.4. The van der Waals surface area contributed by atoms with Crippen LogP contribution in [0.3, 0.4) is 0 Å². The van der Waals surface area contributed by atoms with Crippen LogP contribution in [0.1, 0.15) is 41.6 Å². The molecule has 4 nitrogen and oxygen atoms in total. The summed E-state index contributed by atoms with van der Waals surface area (Å²) in [6.45, 7) is 2.64. The van der Waals surface area contributed by atoms with Crippen LogP contribution in [0.5, 0.6) is 0 Å². The lowest BCUT2D eigenvalue weighted by molar-refractivity contribution is 0.0954. The fourth-order valence-electron chi connectivity index (χ4n) is 3.11. The number of benzene rings is 1. The first-order valence-electron chi connectivity index (χ1n) is 8.96. The molecule has 0 radical (unpaired) electrons. The van der Waals surface area contributed by atoms with Gasteiger partial charge in [-0.1, -0.05) is 36.6 Å². The van der Waals surface area contributed by atoms with Gasteiger partial charge in [0.25, 0.3) is 5.91 Å². The zero-order chi connectivity index (χ0) is 17.5. The highest BCUT2D eigenvalue weighted by Crippen LogP contribution is 2.18. The summed E-state index contributed by atoms with van der Waals surface area (Å²) in [4.78, 5) is 19.2. The first-order chi connectivity index (χ1) is 12.2. The van der Waals surface area contributed by atoms with Crippen molar-refractivity contribution in [2.24, 2.45) is 0 Å². The molecule has 25 heavy (non-hydrogen) atoms. The fourth-order valence-corrected chi connectivity index (χ4v) is 3.23. The highest BCUT2D eigenvalue weighted by molar-refractivity contribution is 6.30. The van der Waals surface area contributed by atoms with Crippen molar-refractivity contribution in [2.45, 2.75) is 32.1 Å². The predicted molar refractivity (Wildman–Crippen MR) is 102 cm³/mol. The molecule has 1 aromatic heterocycles. The van der Waals surface area contributed by atoms with Crippen molar-refractivity contribution in [3.8, 4) is 0 Å². The lowest BCUT2D eigenvalue weighted by Gasteiger charge is -2.21. The molecule has 5 heteroatoms. The van der Waals surface area contributed by atoms with Crippen LogP contribution in [-0.2, 0) is 6.42 Å². The Balaban J connectivity index is 1.56. The van der Waals surface area contributed by atoms with Crippen LogP contribution < -0.4 is 10.2 Å². The molecule has 1 aliphatic rings. The van der Waals surface area contributed by atoms with Crippen LogP contribution in [0, 0.1) is 0 Å². The summed E-state index contributed by atoms with van der Waals surface area (Å²) in [6.07, 6.45) is 7.46. The molecule has 2 heterocycles. The molecular formula is C20H24ClN3O. The molecule has 3 rings (SSSR count). The molecule has 0 aliphatic carbocycles. The van der Waals surface area contributed by atoms with E-state index < -0.39 is 0 Å². The molecule has 0 spiro atoms. The van der Waals surface area contributed by atoms with Crippen LogP contribution in [0.4, 0.5) is 5.82 Å². The summed E-state index contributed by atoms with van der Waals surface area (Å²) in [7, 11) is 0. The molecule has 0 saturated carbocycles. The van der Waals surface area contributed by atoms with Crippen molar-refractivity contribution in [1.82, 2.24) is 10.3 Å². The van der Waals surface area contributed by atoms with Gasteiger partial charge >= 0.3 is 0 Å². The normalized spacial score (nSPS) is 14.8. The summed E-state index contributed by atoms with van der Waals surface area (Å²) >= 11 is 5.89. The van der Waals surface area contributed by atoms with Gasteiger partial charge in [0.2, 0.25) is 0 Å². The maximum absolute atomic E-state index is 12.4. The molecule has 1 aliphatic heterocycles. The van der Waals surface area contributed by atoms with Gasteiger partial charge in [-0.3, -0.25) is 4.79 Å². The lowest BCUT2D eigenvalue weighted by Crippen LogP contribution is -2.28. The molecule has 1 fully saturated rings. The van der Waals surface area contributed by atoms with E-state index in [0.717, 1.165) is 35.9 Å². The predicted octanol–water partition coefficient (Wildman–Crippen LogP) is 4.09. The Morgan fingerprint density at radius 2 is 1.80 bits per heavy atom. The van der Waals surface area contributed by atoms with Crippen molar-refractivity contribution in [3.63, 3.8) is 0 Å². The monoisotopic (exact) mass is 357 g/mol. The fraction of sp³-hybridized carbons (Fsp3) is 0.400. The van der Waals surface area contributed by atoms with Gasteiger partial charge in [0.15, 0.2) is 0 Å². The van der Waals surface area contributed by atoms with Gasteiger partial charge in [0, 0.05) is 36.4 Å². The molecule has 1 N–H and O–H groups in total. The minimum absolute atomic E-state index is 0.0487. The first-order valence-corrected chi connectivity index (χ1v) is 9.34. The minimum Gasteiger partial charge on any atom is -0.357 e. The van der Waals surface area contributed by atoms with Gasteiger partial charge in [-0.05, 0) is 49.1 Å². The number of aromatic nitrogens is 1. The topological polar surface area (TPSA) is 45.2 Å². The highest BCUT2D eigenvalue weighted by Gasteiger charge is 2.13. The number of nitrogens with zero attached hydrogens (tertiary/aromatic N) is 2. The van der Waals surface area contributed by atoms with Crippen molar-refractivity contribution >= 4 is 23.3 Å². The molecular weight excluding hydrogens is 334 g/mol. The van der Waals surface area contributed by atoms with Gasteiger partial charge in [-0.2, -0.15) is 0 Å². The average molecular weight is 358 g/mol.